The van der Waals surface area contributed by atoms with Crippen LogP contribution in [0.1, 0.15) is 5.69 Å². The molecule has 0 aliphatic carbocycles. The third kappa shape index (κ3) is 2.51. The van der Waals surface area contributed by atoms with Crippen molar-refractivity contribution in [2.45, 2.75) is 0 Å². The van der Waals surface area contributed by atoms with E-state index in [0.29, 0.717) is 5.82 Å². The molecule has 2 aromatic heterocycles. The Morgan fingerprint density at radius 1 is 1.10 bits per heavy atom. The van der Waals surface area contributed by atoms with Crippen molar-refractivity contribution in [3.05, 3.63) is 59.9 Å². The highest BCUT2D eigenvalue weighted by Crippen LogP contribution is 2.27. The van der Waals surface area contributed by atoms with Crippen LogP contribution in [0.3, 0.4) is 0 Å². The van der Waals surface area contributed by atoms with Crippen molar-refractivity contribution in [2.24, 2.45) is 0 Å². The molecule has 0 unspecified atom stereocenters. The molecule has 1 aromatic carbocycles. The van der Waals surface area contributed by atoms with Crippen LogP contribution in [0.5, 0.6) is 0 Å². The minimum atomic E-state index is 0.286. The molecule has 4 nitrogen and oxygen atoms in total. The van der Waals surface area contributed by atoms with Gasteiger partial charge in [0.1, 0.15) is 6.07 Å². The molecule has 0 saturated carbocycles. The van der Waals surface area contributed by atoms with Gasteiger partial charge in [-0.3, -0.25) is 0 Å². The van der Waals surface area contributed by atoms with Gasteiger partial charge in [-0.25, -0.2) is 9.97 Å². The van der Waals surface area contributed by atoms with Crippen LogP contribution < -0.4 is 5.32 Å². The molecule has 3 aromatic rings. The van der Waals surface area contributed by atoms with Crippen LogP contribution in [-0.2, 0) is 0 Å². The van der Waals surface area contributed by atoms with E-state index in [4.69, 9.17) is 5.26 Å². The summed E-state index contributed by atoms with van der Waals surface area (Å²) >= 11 is 1.69. The van der Waals surface area contributed by atoms with Crippen molar-refractivity contribution in [2.75, 3.05) is 5.32 Å². The quantitative estimate of drug-likeness (QED) is 0.791. The number of aromatic nitrogens is 2. The van der Waals surface area contributed by atoms with Gasteiger partial charge in [0.25, 0.3) is 0 Å². The van der Waals surface area contributed by atoms with E-state index >= 15 is 0 Å². The largest absolute Gasteiger partial charge is 0.338 e. The maximum absolute atomic E-state index is 9.01. The van der Waals surface area contributed by atoms with Crippen LogP contribution in [0.4, 0.5) is 11.5 Å². The summed E-state index contributed by atoms with van der Waals surface area (Å²) < 4.78 is 0. The van der Waals surface area contributed by atoms with Crippen molar-refractivity contribution in [1.29, 1.82) is 5.26 Å². The van der Waals surface area contributed by atoms with Crippen LogP contribution in [0.2, 0.25) is 0 Å². The fourth-order valence-corrected chi connectivity index (χ4v) is 2.56. The zero-order chi connectivity index (χ0) is 13.8. The Bertz CT molecular complexity index is 760. The molecule has 0 spiro atoms. The maximum atomic E-state index is 9.01. The van der Waals surface area contributed by atoms with E-state index in [2.05, 4.69) is 27.4 Å². The lowest BCUT2D eigenvalue weighted by Gasteiger charge is -2.07. The SMILES string of the molecule is N#Cc1nccnc1Nc1cccc(-c2cccs2)c1. The fourth-order valence-electron chi connectivity index (χ4n) is 1.84. The van der Waals surface area contributed by atoms with Crippen molar-refractivity contribution < 1.29 is 0 Å². The van der Waals surface area contributed by atoms with E-state index in [9.17, 15) is 0 Å². The van der Waals surface area contributed by atoms with Crippen LogP contribution in [0.25, 0.3) is 10.4 Å². The predicted octanol–water partition coefficient (Wildman–Crippen LogP) is 3.82. The molecule has 96 valence electrons. The molecule has 0 saturated heterocycles. The monoisotopic (exact) mass is 278 g/mol. The fraction of sp³-hybridized carbons (Fsp3) is 0. The number of hydrogen-bond acceptors (Lipinski definition) is 5. The average molecular weight is 278 g/mol. The van der Waals surface area contributed by atoms with Crippen LogP contribution >= 0.6 is 11.3 Å². The number of anilines is 2. The summed E-state index contributed by atoms with van der Waals surface area (Å²) in [6, 6.07) is 14.1. The Hall–Kier alpha value is -2.71. The van der Waals surface area contributed by atoms with Crippen molar-refractivity contribution in [3.8, 4) is 16.5 Å². The standard InChI is InChI=1S/C15H10N4S/c16-10-13-15(18-7-6-17-13)19-12-4-1-3-11(9-12)14-5-2-8-20-14/h1-9H,(H,18,19). The van der Waals surface area contributed by atoms with Gasteiger partial charge in [-0.2, -0.15) is 5.26 Å². The summed E-state index contributed by atoms with van der Waals surface area (Å²) in [5.41, 5.74) is 2.30. The first-order chi connectivity index (χ1) is 9.86. The zero-order valence-electron chi connectivity index (χ0n) is 10.4. The average Bonchev–Trinajstić information content (AvgIpc) is 3.02. The molecule has 0 amide bonds. The molecular formula is C15H10N4S. The number of thiophene rings is 1. The Morgan fingerprint density at radius 3 is 2.80 bits per heavy atom. The lowest BCUT2D eigenvalue weighted by molar-refractivity contribution is 1.16. The summed E-state index contributed by atoms with van der Waals surface area (Å²) in [7, 11) is 0. The van der Waals surface area contributed by atoms with Gasteiger partial charge >= 0.3 is 0 Å². The minimum Gasteiger partial charge on any atom is -0.338 e. The minimum absolute atomic E-state index is 0.286. The molecule has 0 radical (unpaired) electrons. The molecule has 5 heteroatoms. The molecule has 0 atom stereocenters. The number of benzene rings is 1. The predicted molar refractivity (Wildman–Crippen MR) is 79.8 cm³/mol. The third-order valence-corrected chi connectivity index (χ3v) is 3.65. The van der Waals surface area contributed by atoms with Gasteiger partial charge in [-0.15, -0.1) is 11.3 Å². The second kappa shape index (κ2) is 5.51. The molecule has 2 heterocycles. The highest BCUT2D eigenvalue weighted by molar-refractivity contribution is 7.13. The van der Waals surface area contributed by atoms with Crippen molar-refractivity contribution in [1.82, 2.24) is 9.97 Å². The van der Waals surface area contributed by atoms with Gasteiger partial charge in [0, 0.05) is 23.0 Å². The molecule has 20 heavy (non-hydrogen) atoms. The molecular weight excluding hydrogens is 268 g/mol. The van der Waals surface area contributed by atoms with Crippen molar-refractivity contribution >= 4 is 22.8 Å². The third-order valence-electron chi connectivity index (χ3n) is 2.74. The molecule has 0 bridgehead atoms. The highest BCUT2D eigenvalue weighted by atomic mass is 32.1. The Balaban J connectivity index is 1.92. The number of nitrogens with zero attached hydrogens (tertiary/aromatic N) is 3. The molecule has 0 fully saturated rings. The normalized spacial score (nSPS) is 9.95. The smallest absolute Gasteiger partial charge is 0.183 e. The molecule has 1 N–H and O–H groups in total. The Kier molecular flexibility index (Phi) is 3.40. The van der Waals surface area contributed by atoms with Crippen molar-refractivity contribution in [3.63, 3.8) is 0 Å². The van der Waals surface area contributed by atoms with Crippen LogP contribution in [0.15, 0.2) is 54.2 Å². The van der Waals surface area contributed by atoms with E-state index in [1.54, 1.807) is 17.5 Å². The van der Waals surface area contributed by atoms with E-state index < -0.39 is 0 Å². The summed E-state index contributed by atoms with van der Waals surface area (Å²) in [4.78, 5) is 9.33. The van der Waals surface area contributed by atoms with E-state index in [1.165, 1.54) is 11.1 Å². The lowest BCUT2D eigenvalue weighted by Crippen LogP contribution is -1.98. The zero-order valence-corrected chi connectivity index (χ0v) is 11.3. The first-order valence-electron chi connectivity index (χ1n) is 5.99. The Morgan fingerprint density at radius 2 is 2.00 bits per heavy atom. The van der Waals surface area contributed by atoms with E-state index in [1.807, 2.05) is 35.7 Å². The lowest BCUT2D eigenvalue weighted by atomic mass is 10.1. The van der Waals surface area contributed by atoms with Gasteiger partial charge in [-0.1, -0.05) is 18.2 Å². The number of rotatable bonds is 3. The molecule has 0 aliphatic rings. The van der Waals surface area contributed by atoms with Gasteiger partial charge < -0.3 is 5.32 Å². The highest BCUT2D eigenvalue weighted by Gasteiger charge is 2.05. The Labute approximate surface area is 120 Å². The molecule has 3 rings (SSSR count). The maximum Gasteiger partial charge on any atom is 0.183 e. The van der Waals surface area contributed by atoms with Crippen LogP contribution in [0, 0.1) is 11.3 Å². The van der Waals surface area contributed by atoms with Gasteiger partial charge in [-0.05, 0) is 29.1 Å². The number of nitriles is 1. The first-order valence-corrected chi connectivity index (χ1v) is 6.87. The second-order valence-electron chi connectivity index (χ2n) is 4.05. The van der Waals surface area contributed by atoms with E-state index in [-0.39, 0.29) is 5.69 Å². The summed E-state index contributed by atoms with van der Waals surface area (Å²) in [5, 5.41) is 14.2. The molecule has 0 aliphatic heterocycles. The second-order valence-corrected chi connectivity index (χ2v) is 5.00. The number of nitrogens with one attached hydrogen (secondary N) is 1. The summed E-state index contributed by atoms with van der Waals surface area (Å²) in [6.45, 7) is 0. The topological polar surface area (TPSA) is 61.6 Å². The van der Waals surface area contributed by atoms with Gasteiger partial charge in [0.05, 0.1) is 0 Å². The first kappa shape index (κ1) is 12.3. The van der Waals surface area contributed by atoms with Gasteiger partial charge in [0.15, 0.2) is 11.5 Å². The van der Waals surface area contributed by atoms with Crippen LogP contribution in [-0.4, -0.2) is 9.97 Å². The summed E-state index contributed by atoms with van der Waals surface area (Å²) in [5.74, 6) is 0.471. The van der Waals surface area contributed by atoms with E-state index in [0.717, 1.165) is 11.3 Å². The number of hydrogen-bond donors (Lipinski definition) is 1. The summed E-state index contributed by atoms with van der Waals surface area (Å²) in [6.07, 6.45) is 3.07. The van der Waals surface area contributed by atoms with Gasteiger partial charge in [0.2, 0.25) is 0 Å².